The molecule has 1 amide bonds. The van der Waals surface area contributed by atoms with Crippen molar-refractivity contribution >= 4 is 27.7 Å². The van der Waals surface area contributed by atoms with E-state index in [0.717, 1.165) is 5.75 Å². The Kier molecular flexibility index (Phi) is 4.85. The first-order chi connectivity index (χ1) is 9.24. The Hall–Kier alpha value is -1.95. The number of hydrogen-bond acceptors (Lipinski definition) is 4. The standard InChI is InChI=1S/C13H12BrN3O2/c14-11-8-16-12(9-15-11)17-13(18)6-7-19-10-4-2-1-3-5-10/h1-5,8-9H,6-7H2,(H,16,17,18). The highest BCUT2D eigenvalue weighted by Crippen LogP contribution is 2.09. The molecule has 0 saturated carbocycles. The Morgan fingerprint density at radius 3 is 2.68 bits per heavy atom. The minimum Gasteiger partial charge on any atom is -0.493 e. The Morgan fingerprint density at radius 1 is 1.21 bits per heavy atom. The van der Waals surface area contributed by atoms with E-state index in [1.807, 2.05) is 30.3 Å². The van der Waals surface area contributed by atoms with Gasteiger partial charge in [-0.2, -0.15) is 0 Å². The van der Waals surface area contributed by atoms with Crippen LogP contribution in [0.5, 0.6) is 5.75 Å². The van der Waals surface area contributed by atoms with Crippen LogP contribution in [0, 0.1) is 0 Å². The predicted octanol–water partition coefficient (Wildman–Crippen LogP) is 2.65. The van der Waals surface area contributed by atoms with Gasteiger partial charge in [-0.05, 0) is 28.1 Å². The zero-order chi connectivity index (χ0) is 13.5. The first-order valence-electron chi connectivity index (χ1n) is 5.69. The number of carbonyl (C=O) groups excluding carboxylic acids is 1. The van der Waals surface area contributed by atoms with Crippen LogP contribution >= 0.6 is 15.9 Å². The second-order valence-corrected chi connectivity index (χ2v) is 4.50. The van der Waals surface area contributed by atoms with E-state index in [-0.39, 0.29) is 12.3 Å². The smallest absolute Gasteiger partial charge is 0.228 e. The molecule has 6 heteroatoms. The molecule has 5 nitrogen and oxygen atoms in total. The summed E-state index contributed by atoms with van der Waals surface area (Å²) in [6.45, 7) is 0.319. The summed E-state index contributed by atoms with van der Waals surface area (Å²) in [6, 6.07) is 9.36. The lowest BCUT2D eigenvalue weighted by Crippen LogP contribution is -2.16. The van der Waals surface area contributed by atoms with Crippen molar-refractivity contribution in [1.29, 1.82) is 0 Å². The molecule has 0 aliphatic heterocycles. The fourth-order valence-electron chi connectivity index (χ4n) is 1.36. The Labute approximate surface area is 119 Å². The fourth-order valence-corrected chi connectivity index (χ4v) is 1.57. The minimum absolute atomic E-state index is 0.160. The number of nitrogens with zero attached hydrogens (tertiary/aromatic N) is 2. The fraction of sp³-hybridized carbons (Fsp3) is 0.154. The van der Waals surface area contributed by atoms with E-state index in [9.17, 15) is 4.79 Å². The van der Waals surface area contributed by atoms with Gasteiger partial charge in [-0.15, -0.1) is 0 Å². The van der Waals surface area contributed by atoms with Crippen molar-refractivity contribution in [3.05, 3.63) is 47.3 Å². The topological polar surface area (TPSA) is 64.1 Å². The molecule has 1 aromatic heterocycles. The summed E-state index contributed by atoms with van der Waals surface area (Å²) in [7, 11) is 0. The average molecular weight is 322 g/mol. The van der Waals surface area contributed by atoms with Gasteiger partial charge in [0.1, 0.15) is 10.4 Å². The van der Waals surface area contributed by atoms with Crippen LogP contribution in [0.25, 0.3) is 0 Å². The molecule has 2 rings (SSSR count). The normalized spacial score (nSPS) is 9.95. The molecule has 0 atom stereocenters. The van der Waals surface area contributed by atoms with Crippen LogP contribution in [0.15, 0.2) is 47.3 Å². The third kappa shape index (κ3) is 4.67. The summed E-state index contributed by atoms with van der Waals surface area (Å²) >= 11 is 3.17. The number of hydrogen-bond donors (Lipinski definition) is 1. The van der Waals surface area contributed by atoms with E-state index in [1.54, 1.807) is 0 Å². The molecule has 0 spiro atoms. The van der Waals surface area contributed by atoms with Gasteiger partial charge in [-0.3, -0.25) is 4.79 Å². The number of benzene rings is 1. The maximum Gasteiger partial charge on any atom is 0.228 e. The molecule has 0 radical (unpaired) electrons. The van der Waals surface area contributed by atoms with Crippen molar-refractivity contribution in [2.75, 3.05) is 11.9 Å². The third-order valence-corrected chi connectivity index (χ3v) is 2.64. The van der Waals surface area contributed by atoms with Gasteiger partial charge in [-0.1, -0.05) is 18.2 Å². The van der Waals surface area contributed by atoms with E-state index in [4.69, 9.17) is 4.74 Å². The van der Waals surface area contributed by atoms with Gasteiger partial charge in [-0.25, -0.2) is 9.97 Å². The molecule has 1 N–H and O–H groups in total. The molecule has 0 aliphatic rings. The number of aromatic nitrogens is 2. The van der Waals surface area contributed by atoms with Crippen LogP contribution in [0.1, 0.15) is 6.42 Å². The van der Waals surface area contributed by atoms with Crippen LogP contribution in [0.2, 0.25) is 0 Å². The molecule has 0 unspecified atom stereocenters. The summed E-state index contributed by atoms with van der Waals surface area (Å²) in [4.78, 5) is 19.6. The van der Waals surface area contributed by atoms with Gasteiger partial charge in [0.15, 0.2) is 5.82 Å². The number of amides is 1. The van der Waals surface area contributed by atoms with Crippen molar-refractivity contribution in [3.8, 4) is 5.75 Å². The third-order valence-electron chi connectivity index (χ3n) is 2.23. The largest absolute Gasteiger partial charge is 0.493 e. The van der Waals surface area contributed by atoms with Gasteiger partial charge in [0, 0.05) is 0 Å². The zero-order valence-corrected chi connectivity index (χ0v) is 11.6. The molecule has 0 aliphatic carbocycles. The van der Waals surface area contributed by atoms with Gasteiger partial charge in [0.2, 0.25) is 5.91 Å². The number of carbonyl (C=O) groups is 1. The molecular weight excluding hydrogens is 310 g/mol. The van der Waals surface area contributed by atoms with E-state index in [0.29, 0.717) is 17.0 Å². The quantitative estimate of drug-likeness (QED) is 0.919. The Balaban J connectivity index is 1.74. The van der Waals surface area contributed by atoms with Crippen molar-refractivity contribution in [2.45, 2.75) is 6.42 Å². The lowest BCUT2D eigenvalue weighted by atomic mass is 10.3. The number of anilines is 1. The summed E-state index contributed by atoms with van der Waals surface area (Å²) in [5, 5.41) is 2.64. The number of halogens is 1. The number of nitrogens with one attached hydrogen (secondary N) is 1. The number of ether oxygens (including phenoxy) is 1. The summed E-state index contributed by atoms with van der Waals surface area (Å²) in [5.41, 5.74) is 0. The van der Waals surface area contributed by atoms with Crippen LogP contribution in [-0.2, 0) is 4.79 Å². The molecule has 98 valence electrons. The van der Waals surface area contributed by atoms with Crippen molar-refractivity contribution in [1.82, 2.24) is 9.97 Å². The van der Waals surface area contributed by atoms with E-state index < -0.39 is 0 Å². The van der Waals surface area contributed by atoms with Crippen molar-refractivity contribution < 1.29 is 9.53 Å². The average Bonchev–Trinajstić information content (AvgIpc) is 2.43. The zero-order valence-electron chi connectivity index (χ0n) is 10.0. The van der Waals surface area contributed by atoms with E-state index in [2.05, 4.69) is 31.2 Å². The van der Waals surface area contributed by atoms with Crippen molar-refractivity contribution in [2.24, 2.45) is 0 Å². The van der Waals surface area contributed by atoms with Gasteiger partial charge in [0.05, 0.1) is 25.4 Å². The van der Waals surface area contributed by atoms with Crippen LogP contribution in [0.3, 0.4) is 0 Å². The lowest BCUT2D eigenvalue weighted by molar-refractivity contribution is -0.116. The van der Waals surface area contributed by atoms with E-state index in [1.165, 1.54) is 12.4 Å². The second-order valence-electron chi connectivity index (χ2n) is 3.68. The van der Waals surface area contributed by atoms with Gasteiger partial charge in [0.25, 0.3) is 0 Å². The second kappa shape index (κ2) is 6.84. The molecular formula is C13H12BrN3O2. The molecule has 19 heavy (non-hydrogen) atoms. The SMILES string of the molecule is O=C(CCOc1ccccc1)Nc1cnc(Br)cn1. The molecule has 0 saturated heterocycles. The Bertz CT molecular complexity index is 531. The van der Waals surface area contributed by atoms with E-state index >= 15 is 0 Å². The predicted molar refractivity (Wildman–Crippen MR) is 74.9 cm³/mol. The highest BCUT2D eigenvalue weighted by atomic mass is 79.9. The van der Waals surface area contributed by atoms with Crippen LogP contribution in [0.4, 0.5) is 5.82 Å². The summed E-state index contributed by atoms with van der Waals surface area (Å²) in [5.74, 6) is 1.01. The summed E-state index contributed by atoms with van der Waals surface area (Å²) < 4.78 is 6.05. The first kappa shape index (κ1) is 13.5. The van der Waals surface area contributed by atoms with Crippen LogP contribution in [-0.4, -0.2) is 22.5 Å². The molecule has 0 bridgehead atoms. The first-order valence-corrected chi connectivity index (χ1v) is 6.48. The summed E-state index contributed by atoms with van der Waals surface area (Å²) in [6.07, 6.45) is 3.27. The molecule has 1 aromatic carbocycles. The van der Waals surface area contributed by atoms with Gasteiger partial charge < -0.3 is 10.1 Å². The molecule has 0 fully saturated rings. The monoisotopic (exact) mass is 321 g/mol. The van der Waals surface area contributed by atoms with Gasteiger partial charge >= 0.3 is 0 Å². The lowest BCUT2D eigenvalue weighted by Gasteiger charge is -2.06. The molecule has 1 heterocycles. The maximum atomic E-state index is 11.6. The number of rotatable bonds is 5. The number of para-hydroxylation sites is 1. The Morgan fingerprint density at radius 2 is 2.00 bits per heavy atom. The van der Waals surface area contributed by atoms with Crippen LogP contribution < -0.4 is 10.1 Å². The highest BCUT2D eigenvalue weighted by Gasteiger charge is 2.04. The minimum atomic E-state index is -0.160. The maximum absolute atomic E-state index is 11.6. The van der Waals surface area contributed by atoms with Crippen molar-refractivity contribution in [3.63, 3.8) is 0 Å². The highest BCUT2D eigenvalue weighted by molar-refractivity contribution is 9.10. The molecule has 2 aromatic rings.